The maximum atomic E-state index is 5.93. The van der Waals surface area contributed by atoms with Gasteiger partial charge in [0.25, 0.3) is 0 Å². The largest absolute Gasteiger partial charge is 0.381 e. The van der Waals surface area contributed by atoms with Gasteiger partial charge >= 0.3 is 0 Å². The molecule has 5 nitrogen and oxygen atoms in total. The van der Waals surface area contributed by atoms with Crippen LogP contribution in [0.3, 0.4) is 0 Å². The van der Waals surface area contributed by atoms with Crippen LogP contribution in [0.5, 0.6) is 0 Å². The van der Waals surface area contributed by atoms with Crippen LogP contribution in [0, 0.1) is 0 Å². The molecule has 92 valence electrons. The Labute approximate surface area is 96.4 Å². The molecular formula is C11H21N3O2. The van der Waals surface area contributed by atoms with E-state index in [0.29, 0.717) is 31.3 Å². The highest BCUT2D eigenvalue weighted by Gasteiger charge is 2.19. The number of rotatable bonds is 7. The molecule has 0 saturated carbocycles. The van der Waals surface area contributed by atoms with E-state index in [0.717, 1.165) is 6.42 Å². The Morgan fingerprint density at radius 3 is 2.81 bits per heavy atom. The SMILES string of the molecule is CCOCCc1noc(C(C)C(N)CC)n1. The van der Waals surface area contributed by atoms with E-state index in [9.17, 15) is 0 Å². The first-order chi connectivity index (χ1) is 7.69. The molecule has 0 amide bonds. The quantitative estimate of drug-likeness (QED) is 0.714. The number of nitrogens with two attached hydrogens (primary N) is 1. The second-order valence-electron chi connectivity index (χ2n) is 3.86. The molecule has 0 fully saturated rings. The third-order valence-corrected chi connectivity index (χ3v) is 2.66. The predicted molar refractivity (Wildman–Crippen MR) is 61.2 cm³/mol. The standard InChI is InChI=1S/C11H21N3O2/c1-4-9(12)8(3)11-13-10(14-16-11)6-7-15-5-2/h8-9H,4-7,12H2,1-3H3. The molecule has 1 aromatic heterocycles. The Balaban J connectivity index is 2.50. The molecule has 0 aliphatic heterocycles. The minimum absolute atomic E-state index is 0.0696. The normalized spacial score (nSPS) is 15.0. The van der Waals surface area contributed by atoms with Gasteiger partial charge in [0.15, 0.2) is 5.82 Å². The molecule has 5 heteroatoms. The Kier molecular flexibility index (Phi) is 5.42. The van der Waals surface area contributed by atoms with Gasteiger partial charge in [-0.1, -0.05) is 19.0 Å². The van der Waals surface area contributed by atoms with E-state index in [4.69, 9.17) is 15.0 Å². The molecule has 0 spiro atoms. The van der Waals surface area contributed by atoms with Crippen LogP contribution in [-0.2, 0) is 11.2 Å². The lowest BCUT2D eigenvalue weighted by Crippen LogP contribution is -2.25. The molecule has 2 unspecified atom stereocenters. The summed E-state index contributed by atoms with van der Waals surface area (Å²) < 4.78 is 10.4. The molecule has 1 rings (SSSR count). The first-order valence-electron chi connectivity index (χ1n) is 5.84. The maximum Gasteiger partial charge on any atom is 0.231 e. The molecule has 1 heterocycles. The molecule has 0 aromatic carbocycles. The van der Waals surface area contributed by atoms with Gasteiger partial charge in [0.05, 0.1) is 12.5 Å². The van der Waals surface area contributed by atoms with Gasteiger partial charge in [-0.2, -0.15) is 4.98 Å². The highest BCUT2D eigenvalue weighted by molar-refractivity contribution is 4.96. The number of aromatic nitrogens is 2. The zero-order chi connectivity index (χ0) is 12.0. The fraction of sp³-hybridized carbons (Fsp3) is 0.818. The van der Waals surface area contributed by atoms with Crippen LogP contribution in [0.4, 0.5) is 0 Å². The Bertz CT molecular complexity index is 301. The van der Waals surface area contributed by atoms with Crippen LogP contribution in [0.15, 0.2) is 4.52 Å². The Morgan fingerprint density at radius 1 is 1.44 bits per heavy atom. The van der Waals surface area contributed by atoms with Gasteiger partial charge in [0.2, 0.25) is 5.89 Å². The van der Waals surface area contributed by atoms with Crippen LogP contribution >= 0.6 is 0 Å². The summed E-state index contributed by atoms with van der Waals surface area (Å²) >= 11 is 0. The number of ether oxygens (including phenoxy) is 1. The summed E-state index contributed by atoms with van der Waals surface area (Å²) in [4.78, 5) is 4.31. The third-order valence-electron chi connectivity index (χ3n) is 2.66. The van der Waals surface area contributed by atoms with E-state index < -0.39 is 0 Å². The lowest BCUT2D eigenvalue weighted by Gasteiger charge is -2.13. The second-order valence-corrected chi connectivity index (χ2v) is 3.86. The number of hydrogen-bond acceptors (Lipinski definition) is 5. The summed E-state index contributed by atoms with van der Waals surface area (Å²) in [5, 5.41) is 3.90. The summed E-state index contributed by atoms with van der Waals surface area (Å²) in [6.07, 6.45) is 1.59. The van der Waals surface area contributed by atoms with Crippen molar-refractivity contribution in [3.63, 3.8) is 0 Å². The van der Waals surface area contributed by atoms with E-state index in [1.54, 1.807) is 0 Å². The molecule has 0 saturated heterocycles. The fourth-order valence-corrected chi connectivity index (χ4v) is 1.40. The smallest absolute Gasteiger partial charge is 0.231 e. The van der Waals surface area contributed by atoms with Gasteiger partial charge in [-0.15, -0.1) is 0 Å². The highest BCUT2D eigenvalue weighted by atomic mass is 16.5. The highest BCUT2D eigenvalue weighted by Crippen LogP contribution is 2.17. The summed E-state index contributed by atoms with van der Waals surface area (Å²) in [6.45, 7) is 7.36. The van der Waals surface area contributed by atoms with Crippen molar-refractivity contribution < 1.29 is 9.26 Å². The van der Waals surface area contributed by atoms with Crippen molar-refractivity contribution in [2.24, 2.45) is 5.73 Å². The van der Waals surface area contributed by atoms with Crippen molar-refractivity contribution in [2.45, 2.75) is 45.6 Å². The maximum absolute atomic E-state index is 5.93. The van der Waals surface area contributed by atoms with Crippen molar-refractivity contribution in [3.05, 3.63) is 11.7 Å². The van der Waals surface area contributed by atoms with Crippen molar-refractivity contribution >= 4 is 0 Å². The van der Waals surface area contributed by atoms with Crippen molar-refractivity contribution in [1.82, 2.24) is 10.1 Å². The van der Waals surface area contributed by atoms with Crippen LogP contribution in [0.1, 0.15) is 44.8 Å². The minimum atomic E-state index is 0.0696. The third kappa shape index (κ3) is 3.57. The van der Waals surface area contributed by atoms with Gasteiger partial charge in [-0.25, -0.2) is 0 Å². The first kappa shape index (κ1) is 13.1. The summed E-state index contributed by atoms with van der Waals surface area (Å²) in [5.41, 5.74) is 5.93. The zero-order valence-corrected chi connectivity index (χ0v) is 10.3. The van der Waals surface area contributed by atoms with Gasteiger partial charge in [-0.3, -0.25) is 0 Å². The molecule has 2 atom stereocenters. The average Bonchev–Trinajstić information content (AvgIpc) is 2.76. The van der Waals surface area contributed by atoms with Crippen LogP contribution in [-0.4, -0.2) is 29.4 Å². The van der Waals surface area contributed by atoms with Crippen LogP contribution in [0.25, 0.3) is 0 Å². The average molecular weight is 227 g/mol. The first-order valence-corrected chi connectivity index (χ1v) is 5.84. The Hall–Kier alpha value is -0.940. The van der Waals surface area contributed by atoms with Crippen molar-refractivity contribution in [1.29, 1.82) is 0 Å². The summed E-state index contributed by atoms with van der Waals surface area (Å²) in [6, 6.07) is 0.0696. The van der Waals surface area contributed by atoms with Gasteiger partial charge in [-0.05, 0) is 13.3 Å². The Morgan fingerprint density at radius 2 is 2.19 bits per heavy atom. The summed E-state index contributed by atoms with van der Waals surface area (Å²) in [7, 11) is 0. The zero-order valence-electron chi connectivity index (χ0n) is 10.3. The minimum Gasteiger partial charge on any atom is -0.381 e. The molecule has 1 aromatic rings. The van der Waals surface area contributed by atoms with E-state index in [1.807, 2.05) is 20.8 Å². The van der Waals surface area contributed by atoms with Gasteiger partial charge < -0.3 is 15.0 Å². The monoisotopic (exact) mass is 227 g/mol. The predicted octanol–water partition coefficient (Wildman–Crippen LogP) is 1.49. The summed E-state index contributed by atoms with van der Waals surface area (Å²) in [5.74, 6) is 1.43. The second kappa shape index (κ2) is 6.60. The lowest BCUT2D eigenvalue weighted by molar-refractivity contribution is 0.149. The van der Waals surface area contributed by atoms with Gasteiger partial charge in [0.1, 0.15) is 0 Å². The van der Waals surface area contributed by atoms with E-state index in [-0.39, 0.29) is 12.0 Å². The molecule has 0 radical (unpaired) electrons. The molecule has 0 aliphatic carbocycles. The lowest BCUT2D eigenvalue weighted by atomic mass is 10.0. The molecule has 0 bridgehead atoms. The molecular weight excluding hydrogens is 206 g/mol. The van der Waals surface area contributed by atoms with Crippen molar-refractivity contribution in [3.8, 4) is 0 Å². The number of hydrogen-bond donors (Lipinski definition) is 1. The van der Waals surface area contributed by atoms with E-state index in [1.165, 1.54) is 0 Å². The van der Waals surface area contributed by atoms with Crippen LogP contribution < -0.4 is 5.73 Å². The van der Waals surface area contributed by atoms with Crippen LogP contribution in [0.2, 0.25) is 0 Å². The molecule has 0 aliphatic rings. The van der Waals surface area contributed by atoms with E-state index >= 15 is 0 Å². The molecule has 2 N–H and O–H groups in total. The van der Waals surface area contributed by atoms with E-state index in [2.05, 4.69) is 10.1 Å². The van der Waals surface area contributed by atoms with Gasteiger partial charge in [0, 0.05) is 19.1 Å². The molecule has 16 heavy (non-hydrogen) atoms. The fourth-order valence-electron chi connectivity index (χ4n) is 1.40. The topological polar surface area (TPSA) is 74.2 Å². The number of nitrogens with zero attached hydrogens (tertiary/aromatic N) is 2. The van der Waals surface area contributed by atoms with Crippen molar-refractivity contribution in [2.75, 3.05) is 13.2 Å².